The number of likely N-dealkylation sites (tertiary alicyclic amines) is 1. The second-order valence-corrected chi connectivity index (χ2v) is 13.1. The Morgan fingerprint density at radius 2 is 1.93 bits per heavy atom. The van der Waals surface area contributed by atoms with Gasteiger partial charge in [-0.05, 0) is 70.7 Å². The molecular formula is C32H38FN5O6S. The van der Waals surface area contributed by atoms with Gasteiger partial charge in [0.2, 0.25) is 5.91 Å². The monoisotopic (exact) mass is 639 g/mol. The Morgan fingerprint density at radius 1 is 1.20 bits per heavy atom. The van der Waals surface area contributed by atoms with Crippen molar-refractivity contribution in [1.82, 2.24) is 23.8 Å². The van der Waals surface area contributed by atoms with Crippen molar-refractivity contribution in [3.05, 3.63) is 74.4 Å². The summed E-state index contributed by atoms with van der Waals surface area (Å²) in [5.74, 6) is -0.346. The maximum Gasteiger partial charge on any atom is 0.333 e. The van der Waals surface area contributed by atoms with Gasteiger partial charge in [-0.25, -0.2) is 18.4 Å². The summed E-state index contributed by atoms with van der Waals surface area (Å²) >= 11 is 1.26. The van der Waals surface area contributed by atoms with Gasteiger partial charge >= 0.3 is 5.69 Å². The molecule has 0 bridgehead atoms. The number of ether oxygens (including phenoxy) is 3. The number of carbonyl (C=O) groups is 1. The zero-order valence-corrected chi connectivity index (χ0v) is 26.8. The third kappa shape index (κ3) is 5.72. The Morgan fingerprint density at radius 3 is 2.60 bits per heavy atom. The fraction of sp³-hybridized carbons (Fsp3) is 0.500. The first-order chi connectivity index (χ1) is 21.6. The summed E-state index contributed by atoms with van der Waals surface area (Å²) in [6.45, 7) is 7.20. The molecule has 6 rings (SSSR count). The smallest absolute Gasteiger partial charge is 0.333 e. The molecule has 1 aromatic carbocycles. The van der Waals surface area contributed by atoms with Crippen molar-refractivity contribution >= 4 is 27.5 Å². The van der Waals surface area contributed by atoms with E-state index in [1.165, 1.54) is 41.2 Å². The van der Waals surface area contributed by atoms with E-state index in [4.69, 9.17) is 14.2 Å². The van der Waals surface area contributed by atoms with Crippen LogP contribution in [-0.4, -0.2) is 69.2 Å². The number of aryl methyl sites for hydroxylation is 1. The van der Waals surface area contributed by atoms with Crippen molar-refractivity contribution in [3.63, 3.8) is 0 Å². The van der Waals surface area contributed by atoms with E-state index in [1.54, 1.807) is 41.9 Å². The highest BCUT2D eigenvalue weighted by Gasteiger charge is 2.39. The van der Waals surface area contributed by atoms with Crippen LogP contribution in [0.5, 0.6) is 5.75 Å². The lowest BCUT2D eigenvalue weighted by molar-refractivity contribution is -0.138. The van der Waals surface area contributed by atoms with E-state index in [0.717, 1.165) is 17.4 Å². The van der Waals surface area contributed by atoms with Crippen molar-refractivity contribution in [2.75, 3.05) is 33.4 Å². The van der Waals surface area contributed by atoms with E-state index in [0.29, 0.717) is 71.2 Å². The van der Waals surface area contributed by atoms with Crippen LogP contribution in [0.15, 0.2) is 46.2 Å². The van der Waals surface area contributed by atoms with Crippen LogP contribution in [0.1, 0.15) is 56.8 Å². The first kappa shape index (κ1) is 31.2. The zero-order chi connectivity index (χ0) is 31.9. The van der Waals surface area contributed by atoms with Crippen molar-refractivity contribution in [2.45, 2.75) is 70.7 Å². The van der Waals surface area contributed by atoms with Gasteiger partial charge in [-0.3, -0.25) is 14.2 Å². The minimum atomic E-state index is -1.47. The van der Waals surface area contributed by atoms with Crippen LogP contribution in [0.4, 0.5) is 4.39 Å². The number of methoxy groups -OCH3 is 1. The van der Waals surface area contributed by atoms with Gasteiger partial charge in [0.05, 0.1) is 25.1 Å². The number of benzene rings is 1. The molecule has 3 aromatic heterocycles. The maximum atomic E-state index is 14.7. The maximum absolute atomic E-state index is 14.7. The highest BCUT2D eigenvalue weighted by atomic mass is 32.1. The quantitative estimate of drug-likeness (QED) is 0.271. The Kier molecular flexibility index (Phi) is 8.68. The number of hydrogen-bond donors (Lipinski definition) is 0. The van der Waals surface area contributed by atoms with Gasteiger partial charge in [-0.2, -0.15) is 5.10 Å². The fourth-order valence-corrected chi connectivity index (χ4v) is 7.63. The predicted octanol–water partition coefficient (Wildman–Crippen LogP) is 4.16. The van der Waals surface area contributed by atoms with E-state index >= 15 is 0 Å². The lowest BCUT2D eigenvalue weighted by atomic mass is 10.0. The highest BCUT2D eigenvalue weighted by Crippen LogP contribution is 2.36. The molecule has 2 saturated heterocycles. The average Bonchev–Trinajstić information content (AvgIpc) is 3.81. The summed E-state index contributed by atoms with van der Waals surface area (Å²) in [6, 6.07) is 5.98. The van der Waals surface area contributed by atoms with Gasteiger partial charge in [-0.15, -0.1) is 0 Å². The molecule has 4 aromatic rings. The Labute approximate surface area is 263 Å². The molecule has 5 heterocycles. The molecule has 0 N–H and O–H groups in total. The minimum absolute atomic E-state index is 0.0563. The van der Waals surface area contributed by atoms with Gasteiger partial charge in [-0.1, -0.05) is 11.3 Å². The largest absolute Gasteiger partial charge is 0.496 e. The van der Waals surface area contributed by atoms with Gasteiger partial charge in [0.15, 0.2) is 0 Å². The van der Waals surface area contributed by atoms with E-state index in [-0.39, 0.29) is 18.6 Å². The van der Waals surface area contributed by atoms with Gasteiger partial charge in [0.1, 0.15) is 33.0 Å². The standard InChI is InChI=1S/C32H38FN5O6S/c1-20-26-27(39)38(32(2,3)30(40)35-13-5-6-14-35)31(41)36(29(26)45-28(20)37-15-7-12-34-37)19-25(44-22-10-16-43-17-11-22)23-18-21(33)8-9-24(23)42-4/h7-9,12,15,18,22,25H,5-6,10-11,13-14,16-17,19H2,1-4H3. The van der Waals surface area contributed by atoms with Crippen LogP contribution in [-0.2, 0) is 26.4 Å². The molecule has 1 atom stereocenters. The Bertz CT molecular complexity index is 1820. The van der Waals surface area contributed by atoms with Crippen molar-refractivity contribution in [1.29, 1.82) is 0 Å². The second-order valence-electron chi connectivity index (χ2n) is 12.1. The molecule has 240 valence electrons. The van der Waals surface area contributed by atoms with Gasteiger partial charge < -0.3 is 19.1 Å². The van der Waals surface area contributed by atoms with E-state index in [2.05, 4.69) is 5.10 Å². The minimum Gasteiger partial charge on any atom is -0.496 e. The SMILES string of the molecule is COc1ccc(F)cc1C(Cn1c(=O)n(C(C)(C)C(=O)N2CCCC2)c(=O)c2c(C)c(-n3cccn3)sc21)OC1CCOCC1. The van der Waals surface area contributed by atoms with E-state index < -0.39 is 28.7 Å². The second kappa shape index (κ2) is 12.5. The number of rotatable bonds is 9. The molecule has 1 amide bonds. The van der Waals surface area contributed by atoms with Crippen LogP contribution in [0, 0.1) is 12.7 Å². The van der Waals surface area contributed by atoms with Crippen molar-refractivity contribution in [2.24, 2.45) is 0 Å². The molecule has 2 aliphatic rings. The summed E-state index contributed by atoms with van der Waals surface area (Å²) in [7, 11) is 1.50. The van der Waals surface area contributed by atoms with Crippen LogP contribution in [0.2, 0.25) is 0 Å². The topological polar surface area (TPSA) is 110 Å². The van der Waals surface area contributed by atoms with E-state index in [1.807, 2.05) is 6.92 Å². The number of thiophene rings is 1. The third-order valence-corrected chi connectivity index (χ3v) is 10.1. The van der Waals surface area contributed by atoms with Crippen LogP contribution in [0.25, 0.3) is 15.2 Å². The van der Waals surface area contributed by atoms with Crippen molar-refractivity contribution < 1.29 is 23.4 Å². The zero-order valence-electron chi connectivity index (χ0n) is 26.0. The summed E-state index contributed by atoms with van der Waals surface area (Å²) in [5.41, 5.74) is -1.58. The number of hydrogen-bond acceptors (Lipinski definition) is 8. The van der Waals surface area contributed by atoms with Crippen LogP contribution in [0.3, 0.4) is 0 Å². The number of aromatic nitrogens is 4. The number of nitrogens with zero attached hydrogens (tertiary/aromatic N) is 5. The molecule has 2 aliphatic heterocycles. The third-order valence-electron chi connectivity index (χ3n) is 8.79. The summed E-state index contributed by atoms with van der Waals surface area (Å²) in [6.07, 6.45) is 5.41. The summed E-state index contributed by atoms with van der Waals surface area (Å²) in [5, 5.41) is 5.37. The molecule has 0 radical (unpaired) electrons. The lowest BCUT2D eigenvalue weighted by Gasteiger charge is -2.32. The van der Waals surface area contributed by atoms with Crippen LogP contribution < -0.4 is 16.0 Å². The first-order valence-electron chi connectivity index (χ1n) is 15.3. The molecule has 45 heavy (non-hydrogen) atoms. The molecule has 0 saturated carbocycles. The van der Waals surface area contributed by atoms with Gasteiger partial charge in [0.25, 0.3) is 5.56 Å². The van der Waals surface area contributed by atoms with Gasteiger partial charge in [0, 0.05) is 49.8 Å². The number of fused-ring (bicyclic) bond motifs is 1. The summed E-state index contributed by atoms with van der Waals surface area (Å²) < 4.78 is 36.7. The molecule has 0 aliphatic carbocycles. The summed E-state index contributed by atoms with van der Waals surface area (Å²) in [4.78, 5) is 44.9. The highest BCUT2D eigenvalue weighted by molar-refractivity contribution is 7.21. The van der Waals surface area contributed by atoms with Crippen LogP contribution >= 0.6 is 11.3 Å². The number of carbonyl (C=O) groups excluding carboxylic acids is 1. The molecule has 2 fully saturated rings. The Hall–Kier alpha value is -3.81. The normalized spacial score (nSPS) is 16.9. The average molecular weight is 640 g/mol. The molecular weight excluding hydrogens is 601 g/mol. The fourth-order valence-electron chi connectivity index (χ4n) is 6.38. The number of amides is 1. The predicted molar refractivity (Wildman–Crippen MR) is 168 cm³/mol. The van der Waals surface area contributed by atoms with Crippen molar-refractivity contribution in [3.8, 4) is 10.8 Å². The first-order valence-corrected chi connectivity index (χ1v) is 16.1. The molecule has 11 nitrogen and oxygen atoms in total. The molecule has 1 unspecified atom stereocenters. The van der Waals surface area contributed by atoms with E-state index in [9.17, 15) is 18.8 Å². The Balaban J connectivity index is 1.57. The molecule has 0 spiro atoms. The molecule has 13 heteroatoms. The lowest BCUT2D eigenvalue weighted by Crippen LogP contribution is -2.56. The number of halogens is 1.